The van der Waals surface area contributed by atoms with E-state index in [1.807, 2.05) is 0 Å². The van der Waals surface area contributed by atoms with Gasteiger partial charge in [0, 0.05) is 0 Å². The van der Waals surface area contributed by atoms with Crippen molar-refractivity contribution < 1.29 is 19.7 Å². The molecule has 0 aliphatic heterocycles. The smallest absolute Gasteiger partial charge is 0.469 e. The Kier molecular flexibility index (Phi) is 4.73. The number of hydrogen-bond donors (Lipinski definition) is 1. The zero-order valence-corrected chi connectivity index (χ0v) is 12.3. The first kappa shape index (κ1) is 16.9. The first-order valence-corrected chi connectivity index (χ1v) is 6.79. The van der Waals surface area contributed by atoms with Crippen molar-refractivity contribution in [2.75, 3.05) is 4.90 Å². The standard InChI is InChI=1S/C15H13N3O6/c19-14(20)15(17(21)22,18(23)24)16(13-9-5-2-6-10-13)11-12-7-3-1-4-8-12/h1-10H,11H2,(H,19,20). The van der Waals surface area contributed by atoms with Crippen molar-refractivity contribution in [2.45, 2.75) is 12.3 Å². The zero-order chi connectivity index (χ0) is 17.7. The number of carboxylic acids is 1. The zero-order valence-electron chi connectivity index (χ0n) is 12.3. The summed E-state index contributed by atoms with van der Waals surface area (Å²) in [4.78, 5) is 32.3. The fraction of sp³-hybridized carbons (Fsp3) is 0.133. The highest BCUT2D eigenvalue weighted by Crippen LogP contribution is 2.28. The average molecular weight is 331 g/mol. The Morgan fingerprint density at radius 3 is 1.83 bits per heavy atom. The van der Waals surface area contributed by atoms with E-state index in [0.717, 1.165) is 0 Å². The third-order valence-electron chi connectivity index (χ3n) is 3.42. The summed E-state index contributed by atoms with van der Waals surface area (Å²) in [5.41, 5.74) is 0.549. The van der Waals surface area contributed by atoms with Crippen LogP contribution in [0.25, 0.3) is 0 Å². The van der Waals surface area contributed by atoms with Gasteiger partial charge in [0.1, 0.15) is 9.85 Å². The van der Waals surface area contributed by atoms with Crippen LogP contribution in [0.2, 0.25) is 0 Å². The Bertz CT molecular complexity index is 714. The Balaban J connectivity index is 2.65. The molecule has 0 radical (unpaired) electrons. The van der Waals surface area contributed by atoms with Gasteiger partial charge in [0.15, 0.2) is 0 Å². The number of anilines is 1. The predicted octanol–water partition coefficient (Wildman–Crippen LogP) is 1.98. The van der Waals surface area contributed by atoms with Gasteiger partial charge < -0.3 is 5.11 Å². The number of rotatable bonds is 7. The van der Waals surface area contributed by atoms with Crippen LogP contribution in [0, 0.1) is 20.2 Å². The predicted molar refractivity (Wildman–Crippen MR) is 83.4 cm³/mol. The first-order valence-electron chi connectivity index (χ1n) is 6.79. The lowest BCUT2D eigenvalue weighted by molar-refractivity contribution is -0.777. The normalized spacial score (nSPS) is 10.8. The van der Waals surface area contributed by atoms with Crippen LogP contribution >= 0.6 is 0 Å². The Morgan fingerprint density at radius 1 is 0.958 bits per heavy atom. The number of benzene rings is 2. The van der Waals surface area contributed by atoms with Gasteiger partial charge in [0.05, 0.1) is 12.2 Å². The third-order valence-corrected chi connectivity index (χ3v) is 3.42. The molecule has 0 unspecified atom stereocenters. The summed E-state index contributed by atoms with van der Waals surface area (Å²) < 4.78 is 0. The molecule has 0 fully saturated rings. The molecule has 2 aromatic carbocycles. The van der Waals surface area contributed by atoms with E-state index in [9.17, 15) is 30.1 Å². The van der Waals surface area contributed by atoms with Gasteiger partial charge in [-0.1, -0.05) is 48.5 Å². The highest BCUT2D eigenvalue weighted by atomic mass is 16.7. The molecule has 9 nitrogen and oxygen atoms in total. The van der Waals surface area contributed by atoms with Crippen molar-refractivity contribution in [3.8, 4) is 0 Å². The SMILES string of the molecule is O=C(O)C(N(Cc1ccccc1)c1ccccc1)([N+](=O)[O-])[N+](=O)[O-]. The molecule has 0 bridgehead atoms. The molecule has 0 spiro atoms. The number of carboxylic acid groups (broad SMARTS) is 1. The molecule has 0 aromatic heterocycles. The maximum Gasteiger partial charge on any atom is 0.643 e. The van der Waals surface area contributed by atoms with Gasteiger partial charge in [-0.25, -0.2) is 9.69 Å². The van der Waals surface area contributed by atoms with Crippen molar-refractivity contribution in [2.24, 2.45) is 0 Å². The second-order valence-electron chi connectivity index (χ2n) is 4.86. The number of carbonyl (C=O) groups is 1. The highest BCUT2D eigenvalue weighted by molar-refractivity contribution is 5.79. The molecule has 0 aliphatic carbocycles. The minimum absolute atomic E-state index is 0.0529. The van der Waals surface area contributed by atoms with Crippen LogP contribution in [0.15, 0.2) is 60.7 Å². The van der Waals surface area contributed by atoms with Crippen LogP contribution in [-0.2, 0) is 11.3 Å². The van der Waals surface area contributed by atoms with Crippen LogP contribution in [0.1, 0.15) is 5.56 Å². The third kappa shape index (κ3) is 2.86. The van der Waals surface area contributed by atoms with Crippen molar-refractivity contribution in [3.05, 3.63) is 86.5 Å². The van der Waals surface area contributed by atoms with Gasteiger partial charge in [0.2, 0.25) is 0 Å². The Morgan fingerprint density at radius 2 is 1.42 bits per heavy atom. The van der Waals surface area contributed by atoms with E-state index in [-0.39, 0.29) is 12.2 Å². The van der Waals surface area contributed by atoms with E-state index in [0.29, 0.717) is 10.5 Å². The van der Waals surface area contributed by atoms with Gasteiger partial charge in [-0.05, 0) is 17.7 Å². The molecule has 0 aliphatic rings. The monoisotopic (exact) mass is 331 g/mol. The lowest BCUT2D eigenvalue weighted by atomic mass is 10.1. The van der Waals surface area contributed by atoms with Gasteiger partial charge in [-0.3, -0.25) is 20.2 Å². The second-order valence-corrected chi connectivity index (χ2v) is 4.86. The van der Waals surface area contributed by atoms with Crippen LogP contribution < -0.4 is 4.90 Å². The fourth-order valence-electron chi connectivity index (χ4n) is 2.29. The number of para-hydroxylation sites is 1. The van der Waals surface area contributed by atoms with Crippen molar-refractivity contribution >= 4 is 11.7 Å². The maximum atomic E-state index is 11.6. The molecule has 124 valence electrons. The maximum absolute atomic E-state index is 11.6. The van der Waals surface area contributed by atoms with Crippen LogP contribution in [0.3, 0.4) is 0 Å². The molecular weight excluding hydrogens is 318 g/mol. The molecular formula is C15H13N3O6. The molecule has 2 rings (SSSR count). The summed E-state index contributed by atoms with van der Waals surface area (Å²) in [6.07, 6.45) is 0. The van der Waals surface area contributed by atoms with Crippen molar-refractivity contribution in [1.29, 1.82) is 0 Å². The van der Waals surface area contributed by atoms with E-state index in [1.165, 1.54) is 24.3 Å². The van der Waals surface area contributed by atoms with Gasteiger partial charge in [0.25, 0.3) is 0 Å². The van der Waals surface area contributed by atoms with Crippen LogP contribution in [-0.4, -0.2) is 26.7 Å². The van der Waals surface area contributed by atoms with Crippen molar-refractivity contribution in [3.63, 3.8) is 0 Å². The van der Waals surface area contributed by atoms with Gasteiger partial charge in [-0.2, -0.15) is 0 Å². The van der Waals surface area contributed by atoms with E-state index >= 15 is 0 Å². The lowest BCUT2D eigenvalue weighted by Gasteiger charge is -2.28. The van der Waals surface area contributed by atoms with E-state index in [4.69, 9.17) is 0 Å². The highest BCUT2D eigenvalue weighted by Gasteiger charge is 2.70. The molecule has 2 aromatic rings. The molecule has 0 amide bonds. The van der Waals surface area contributed by atoms with Gasteiger partial charge in [-0.15, -0.1) is 0 Å². The molecule has 0 atom stereocenters. The van der Waals surface area contributed by atoms with Gasteiger partial charge >= 0.3 is 11.8 Å². The molecule has 1 N–H and O–H groups in total. The van der Waals surface area contributed by atoms with Crippen molar-refractivity contribution in [1.82, 2.24) is 0 Å². The molecule has 0 heterocycles. The minimum atomic E-state index is -3.53. The molecule has 0 saturated heterocycles. The van der Waals surface area contributed by atoms with E-state index in [1.54, 1.807) is 36.4 Å². The topological polar surface area (TPSA) is 127 Å². The summed E-state index contributed by atoms with van der Waals surface area (Å²) in [7, 11) is 0. The number of aliphatic carboxylic acids is 1. The fourth-order valence-corrected chi connectivity index (χ4v) is 2.29. The number of nitro groups is 2. The average Bonchev–Trinajstić information content (AvgIpc) is 2.55. The Labute approximate surface area is 136 Å². The minimum Gasteiger partial charge on any atom is -0.469 e. The molecule has 24 heavy (non-hydrogen) atoms. The summed E-state index contributed by atoms with van der Waals surface area (Å²) in [5.74, 6) is -5.70. The second kappa shape index (κ2) is 6.73. The first-order chi connectivity index (χ1) is 11.4. The van der Waals surface area contributed by atoms with E-state index < -0.39 is 21.6 Å². The van der Waals surface area contributed by atoms with Crippen LogP contribution in [0.5, 0.6) is 0 Å². The summed E-state index contributed by atoms with van der Waals surface area (Å²) in [5, 5.41) is 32.3. The molecule has 0 saturated carbocycles. The van der Waals surface area contributed by atoms with Crippen LogP contribution in [0.4, 0.5) is 5.69 Å². The van der Waals surface area contributed by atoms with E-state index in [2.05, 4.69) is 0 Å². The summed E-state index contributed by atoms with van der Waals surface area (Å²) >= 11 is 0. The lowest BCUT2D eigenvalue weighted by Crippen LogP contribution is -2.65. The largest absolute Gasteiger partial charge is 0.643 e. The molecule has 9 heteroatoms. The Hall–Kier alpha value is -3.49. The number of nitrogens with zero attached hydrogens (tertiary/aromatic N) is 3. The number of hydrogen-bond acceptors (Lipinski definition) is 6. The summed E-state index contributed by atoms with van der Waals surface area (Å²) in [6, 6.07) is 15.6. The quantitative estimate of drug-likeness (QED) is 0.467. The summed E-state index contributed by atoms with van der Waals surface area (Å²) in [6.45, 7) is -0.320.